The van der Waals surface area contributed by atoms with Crippen LogP contribution in [0.4, 0.5) is 5.69 Å². The summed E-state index contributed by atoms with van der Waals surface area (Å²) in [6.07, 6.45) is 4.12. The third-order valence-electron chi connectivity index (χ3n) is 3.55. The summed E-state index contributed by atoms with van der Waals surface area (Å²) >= 11 is 0. The molecule has 2 heterocycles. The van der Waals surface area contributed by atoms with E-state index in [1.165, 1.54) is 11.3 Å². The Hall–Kier alpha value is -1.84. The van der Waals surface area contributed by atoms with Crippen LogP contribution in [-0.4, -0.2) is 21.0 Å². The van der Waals surface area contributed by atoms with Crippen molar-refractivity contribution in [3.8, 4) is 0 Å². The fourth-order valence-corrected chi connectivity index (χ4v) is 2.80. The summed E-state index contributed by atoms with van der Waals surface area (Å²) in [6.45, 7) is 2.24. The molecule has 1 aromatic carbocycles. The van der Waals surface area contributed by atoms with Crippen molar-refractivity contribution in [2.75, 3.05) is 5.32 Å². The van der Waals surface area contributed by atoms with Gasteiger partial charge in [0.1, 0.15) is 0 Å². The Bertz CT molecular complexity index is 546. The van der Waals surface area contributed by atoms with Crippen molar-refractivity contribution >= 4 is 5.69 Å². The van der Waals surface area contributed by atoms with Gasteiger partial charge in [-0.2, -0.15) is 0 Å². The van der Waals surface area contributed by atoms with Crippen molar-refractivity contribution in [3.05, 3.63) is 41.7 Å². The van der Waals surface area contributed by atoms with Crippen LogP contribution in [-0.2, 0) is 13.5 Å². The van der Waals surface area contributed by atoms with Gasteiger partial charge in [-0.05, 0) is 30.9 Å². The fourth-order valence-electron chi connectivity index (χ4n) is 2.80. The number of nitrogens with one attached hydrogen (secondary N) is 1. The van der Waals surface area contributed by atoms with Gasteiger partial charge in [0.05, 0.1) is 5.69 Å². The average molecular weight is 242 g/mol. The van der Waals surface area contributed by atoms with Gasteiger partial charge in [-0.1, -0.05) is 23.4 Å². The molecule has 3 rings (SSSR count). The smallest absolute Gasteiger partial charge is 0.0833 e. The van der Waals surface area contributed by atoms with Gasteiger partial charge in [0.15, 0.2) is 0 Å². The summed E-state index contributed by atoms with van der Waals surface area (Å²) in [4.78, 5) is 0. The van der Waals surface area contributed by atoms with Crippen LogP contribution >= 0.6 is 0 Å². The maximum absolute atomic E-state index is 4.20. The molecular weight excluding hydrogens is 224 g/mol. The monoisotopic (exact) mass is 242 g/mol. The summed E-state index contributed by atoms with van der Waals surface area (Å²) in [7, 11) is 1.91. The zero-order valence-electron chi connectivity index (χ0n) is 10.8. The van der Waals surface area contributed by atoms with E-state index in [-0.39, 0.29) is 0 Å². The third-order valence-corrected chi connectivity index (χ3v) is 3.55. The van der Waals surface area contributed by atoms with Crippen LogP contribution in [0.15, 0.2) is 30.5 Å². The Labute approximate surface area is 107 Å². The molecule has 0 saturated carbocycles. The first-order chi connectivity index (χ1) is 8.72. The van der Waals surface area contributed by atoms with Gasteiger partial charge in [-0.25, -0.2) is 0 Å². The lowest BCUT2D eigenvalue weighted by Crippen LogP contribution is -2.26. The van der Waals surface area contributed by atoms with Gasteiger partial charge in [-0.3, -0.25) is 4.68 Å². The summed E-state index contributed by atoms with van der Waals surface area (Å²) in [5.74, 6) is 0.536. The van der Waals surface area contributed by atoms with E-state index in [0.29, 0.717) is 12.0 Å². The highest BCUT2D eigenvalue weighted by Gasteiger charge is 2.24. The molecule has 0 saturated heterocycles. The second-order valence-electron chi connectivity index (χ2n) is 5.15. The van der Waals surface area contributed by atoms with Crippen LogP contribution in [0.25, 0.3) is 0 Å². The van der Waals surface area contributed by atoms with E-state index in [4.69, 9.17) is 0 Å². The molecule has 0 radical (unpaired) electrons. The number of hydrogen-bond donors (Lipinski definition) is 1. The molecule has 1 aromatic heterocycles. The predicted octanol–water partition coefficient (Wildman–Crippen LogP) is 2.35. The minimum absolute atomic E-state index is 0.515. The van der Waals surface area contributed by atoms with Crippen molar-refractivity contribution in [2.45, 2.75) is 31.7 Å². The molecule has 4 nitrogen and oxygen atoms in total. The first kappa shape index (κ1) is 11.3. The Morgan fingerprint density at radius 3 is 3.00 bits per heavy atom. The summed E-state index contributed by atoms with van der Waals surface area (Å²) in [5, 5.41) is 11.7. The van der Waals surface area contributed by atoms with E-state index in [0.717, 1.165) is 18.5 Å². The normalized spacial score (nSPS) is 22.3. The molecular formula is C14H18N4. The van der Waals surface area contributed by atoms with Gasteiger partial charge >= 0.3 is 0 Å². The minimum atomic E-state index is 0.515. The van der Waals surface area contributed by atoms with Gasteiger partial charge in [-0.15, -0.1) is 5.10 Å². The first-order valence-electron chi connectivity index (χ1n) is 6.43. The SMILES string of the molecule is CC1CC(Cc2cn(C)nn2)c2ccccc2N1. The number of para-hydroxylation sites is 1. The van der Waals surface area contributed by atoms with E-state index in [2.05, 4.69) is 46.8 Å². The largest absolute Gasteiger partial charge is 0.382 e. The minimum Gasteiger partial charge on any atom is -0.382 e. The number of nitrogens with zero attached hydrogens (tertiary/aromatic N) is 3. The van der Waals surface area contributed by atoms with Crippen LogP contribution < -0.4 is 5.32 Å². The molecule has 1 N–H and O–H groups in total. The molecule has 18 heavy (non-hydrogen) atoms. The lowest BCUT2D eigenvalue weighted by Gasteiger charge is -2.31. The van der Waals surface area contributed by atoms with Crippen LogP contribution in [0.5, 0.6) is 0 Å². The molecule has 0 amide bonds. The molecule has 0 aliphatic carbocycles. The number of fused-ring (bicyclic) bond motifs is 1. The number of rotatable bonds is 2. The Morgan fingerprint density at radius 1 is 1.39 bits per heavy atom. The van der Waals surface area contributed by atoms with Crippen molar-refractivity contribution < 1.29 is 0 Å². The van der Waals surface area contributed by atoms with E-state index in [1.54, 1.807) is 4.68 Å². The van der Waals surface area contributed by atoms with E-state index >= 15 is 0 Å². The molecule has 1 aliphatic rings. The van der Waals surface area contributed by atoms with Gasteiger partial charge in [0.2, 0.25) is 0 Å². The molecule has 0 bridgehead atoms. The molecule has 2 atom stereocenters. The first-order valence-corrected chi connectivity index (χ1v) is 6.43. The van der Waals surface area contributed by atoms with Crippen LogP contribution in [0.2, 0.25) is 0 Å². The average Bonchev–Trinajstić information content (AvgIpc) is 2.74. The molecule has 0 spiro atoms. The zero-order valence-corrected chi connectivity index (χ0v) is 10.8. The van der Waals surface area contributed by atoms with Crippen LogP contribution in [0.3, 0.4) is 0 Å². The van der Waals surface area contributed by atoms with Crippen LogP contribution in [0.1, 0.15) is 30.5 Å². The van der Waals surface area contributed by atoms with Crippen molar-refractivity contribution in [2.24, 2.45) is 7.05 Å². The van der Waals surface area contributed by atoms with E-state index in [1.807, 2.05) is 13.2 Å². The van der Waals surface area contributed by atoms with Gasteiger partial charge in [0, 0.05) is 31.4 Å². The maximum Gasteiger partial charge on any atom is 0.0833 e. The molecule has 2 unspecified atom stereocenters. The number of benzene rings is 1. The maximum atomic E-state index is 4.20. The van der Waals surface area contributed by atoms with E-state index in [9.17, 15) is 0 Å². The Balaban J connectivity index is 1.88. The highest BCUT2D eigenvalue weighted by Crippen LogP contribution is 2.35. The Morgan fingerprint density at radius 2 is 2.22 bits per heavy atom. The van der Waals surface area contributed by atoms with Crippen molar-refractivity contribution in [1.29, 1.82) is 0 Å². The molecule has 2 aromatic rings. The summed E-state index contributed by atoms with van der Waals surface area (Å²) in [6, 6.07) is 9.09. The van der Waals surface area contributed by atoms with Crippen molar-refractivity contribution in [1.82, 2.24) is 15.0 Å². The molecule has 1 aliphatic heterocycles. The standard InChI is InChI=1S/C14H18N4/c1-10-7-11(8-12-9-18(2)17-16-12)13-5-3-4-6-14(13)15-10/h3-6,9-11,15H,7-8H2,1-2H3. The second kappa shape index (κ2) is 4.44. The topological polar surface area (TPSA) is 42.7 Å². The lowest BCUT2D eigenvalue weighted by molar-refractivity contribution is 0.546. The van der Waals surface area contributed by atoms with Crippen molar-refractivity contribution in [3.63, 3.8) is 0 Å². The quantitative estimate of drug-likeness (QED) is 0.879. The third kappa shape index (κ3) is 2.10. The number of aromatic nitrogens is 3. The number of hydrogen-bond acceptors (Lipinski definition) is 3. The fraction of sp³-hybridized carbons (Fsp3) is 0.429. The molecule has 4 heteroatoms. The lowest BCUT2D eigenvalue weighted by atomic mass is 9.84. The summed E-state index contributed by atoms with van der Waals surface area (Å²) < 4.78 is 1.77. The van der Waals surface area contributed by atoms with Gasteiger partial charge < -0.3 is 5.32 Å². The number of anilines is 1. The Kier molecular flexibility index (Phi) is 2.78. The predicted molar refractivity (Wildman–Crippen MR) is 71.6 cm³/mol. The zero-order chi connectivity index (χ0) is 12.5. The number of aryl methyl sites for hydroxylation is 1. The second-order valence-corrected chi connectivity index (χ2v) is 5.15. The molecule has 0 fully saturated rings. The van der Waals surface area contributed by atoms with E-state index < -0.39 is 0 Å². The van der Waals surface area contributed by atoms with Crippen LogP contribution in [0, 0.1) is 0 Å². The van der Waals surface area contributed by atoms with Gasteiger partial charge in [0.25, 0.3) is 0 Å². The highest BCUT2D eigenvalue weighted by molar-refractivity contribution is 5.55. The molecule has 94 valence electrons. The highest BCUT2D eigenvalue weighted by atomic mass is 15.4. The summed E-state index contributed by atoms with van der Waals surface area (Å²) in [5.41, 5.74) is 3.75.